The highest BCUT2D eigenvalue weighted by Crippen LogP contribution is 2.37. The number of primary amides is 1. The second-order valence-corrected chi connectivity index (χ2v) is 5.71. The zero-order valence-electron chi connectivity index (χ0n) is 11.2. The summed E-state index contributed by atoms with van der Waals surface area (Å²) in [5.74, 6) is -1.53. The first-order valence-electron chi connectivity index (χ1n) is 6.36. The molecule has 0 unspecified atom stereocenters. The summed E-state index contributed by atoms with van der Waals surface area (Å²) >= 11 is 1.38. The van der Waals surface area contributed by atoms with Crippen LogP contribution in [0.2, 0.25) is 0 Å². The molecule has 0 spiro atoms. The van der Waals surface area contributed by atoms with Crippen molar-refractivity contribution in [2.45, 2.75) is 32.6 Å². The maximum atomic E-state index is 11.7. The van der Waals surface area contributed by atoms with Crippen LogP contribution in [0.25, 0.3) is 0 Å². The summed E-state index contributed by atoms with van der Waals surface area (Å²) in [5, 5.41) is 3.07. The summed E-state index contributed by atoms with van der Waals surface area (Å²) in [6.07, 6.45) is 3.81. The second kappa shape index (κ2) is 6.04. The van der Waals surface area contributed by atoms with Crippen LogP contribution in [-0.4, -0.2) is 24.4 Å². The van der Waals surface area contributed by atoms with Gasteiger partial charge >= 0.3 is 5.97 Å². The standard InChI is InChI=1S/C13H16N2O4S/c1-7(16)19-6-10(17)15-13-11(12(14)18)8-4-2-3-5-9(8)20-13/h2-6H2,1H3,(H2,14,18)(H,15,17). The molecule has 2 rings (SSSR count). The number of hydrogen-bond donors (Lipinski definition) is 2. The molecular formula is C13H16N2O4S. The third-order valence-electron chi connectivity index (χ3n) is 3.08. The first-order valence-corrected chi connectivity index (χ1v) is 7.18. The Morgan fingerprint density at radius 3 is 2.65 bits per heavy atom. The van der Waals surface area contributed by atoms with Crippen LogP contribution in [0.15, 0.2) is 0 Å². The van der Waals surface area contributed by atoms with E-state index in [1.165, 1.54) is 18.3 Å². The molecular weight excluding hydrogens is 280 g/mol. The number of anilines is 1. The topological polar surface area (TPSA) is 98.5 Å². The van der Waals surface area contributed by atoms with Crippen molar-refractivity contribution in [2.75, 3.05) is 11.9 Å². The number of aryl methyl sites for hydroxylation is 1. The van der Waals surface area contributed by atoms with Crippen LogP contribution in [0, 0.1) is 0 Å². The average Bonchev–Trinajstić information content (AvgIpc) is 2.74. The van der Waals surface area contributed by atoms with Gasteiger partial charge in [0, 0.05) is 11.8 Å². The van der Waals surface area contributed by atoms with Gasteiger partial charge in [0.2, 0.25) is 0 Å². The second-order valence-electron chi connectivity index (χ2n) is 4.61. The van der Waals surface area contributed by atoms with Crippen molar-refractivity contribution in [1.29, 1.82) is 0 Å². The molecule has 0 radical (unpaired) electrons. The van der Waals surface area contributed by atoms with E-state index in [9.17, 15) is 14.4 Å². The molecule has 7 heteroatoms. The average molecular weight is 296 g/mol. The lowest BCUT2D eigenvalue weighted by molar-refractivity contribution is -0.144. The predicted octanol–water partition coefficient (Wildman–Crippen LogP) is 1.23. The Hall–Kier alpha value is -1.89. The number of carbonyl (C=O) groups excluding carboxylic acids is 3. The van der Waals surface area contributed by atoms with Gasteiger partial charge in [-0.1, -0.05) is 0 Å². The Labute approximate surface area is 120 Å². The smallest absolute Gasteiger partial charge is 0.303 e. The molecule has 0 saturated heterocycles. The molecule has 108 valence electrons. The van der Waals surface area contributed by atoms with Gasteiger partial charge in [0.25, 0.3) is 11.8 Å². The van der Waals surface area contributed by atoms with Crippen LogP contribution in [0.5, 0.6) is 0 Å². The summed E-state index contributed by atoms with van der Waals surface area (Å²) in [6, 6.07) is 0. The van der Waals surface area contributed by atoms with Crippen molar-refractivity contribution in [1.82, 2.24) is 0 Å². The Morgan fingerprint density at radius 2 is 2.00 bits per heavy atom. The number of nitrogens with one attached hydrogen (secondary N) is 1. The number of esters is 1. The van der Waals surface area contributed by atoms with E-state index in [1.807, 2.05) is 0 Å². The van der Waals surface area contributed by atoms with E-state index >= 15 is 0 Å². The van der Waals surface area contributed by atoms with E-state index in [-0.39, 0.29) is 6.61 Å². The van der Waals surface area contributed by atoms with Crippen molar-refractivity contribution in [3.8, 4) is 0 Å². The third-order valence-corrected chi connectivity index (χ3v) is 4.28. The van der Waals surface area contributed by atoms with Crippen molar-refractivity contribution < 1.29 is 19.1 Å². The van der Waals surface area contributed by atoms with E-state index in [0.717, 1.165) is 36.1 Å². The van der Waals surface area contributed by atoms with E-state index in [4.69, 9.17) is 5.73 Å². The molecule has 2 amide bonds. The molecule has 1 heterocycles. The van der Waals surface area contributed by atoms with E-state index in [2.05, 4.69) is 10.1 Å². The molecule has 0 aromatic carbocycles. The quantitative estimate of drug-likeness (QED) is 0.816. The number of hydrogen-bond acceptors (Lipinski definition) is 5. The van der Waals surface area contributed by atoms with Crippen LogP contribution in [0.3, 0.4) is 0 Å². The normalized spacial score (nSPS) is 13.4. The Kier molecular flexibility index (Phi) is 4.39. The van der Waals surface area contributed by atoms with Crippen LogP contribution in [-0.2, 0) is 27.2 Å². The molecule has 0 fully saturated rings. The molecule has 0 saturated carbocycles. The predicted molar refractivity (Wildman–Crippen MR) is 74.7 cm³/mol. The van der Waals surface area contributed by atoms with Gasteiger partial charge in [-0.2, -0.15) is 0 Å². The molecule has 1 aliphatic carbocycles. The molecule has 0 atom stereocenters. The highest BCUT2D eigenvalue weighted by atomic mass is 32.1. The van der Waals surface area contributed by atoms with Crippen LogP contribution < -0.4 is 11.1 Å². The van der Waals surface area contributed by atoms with Crippen molar-refractivity contribution >= 4 is 34.1 Å². The molecule has 0 bridgehead atoms. The fourth-order valence-corrected chi connectivity index (χ4v) is 3.56. The van der Waals surface area contributed by atoms with Gasteiger partial charge in [0.1, 0.15) is 5.00 Å². The number of carbonyl (C=O) groups is 3. The summed E-state index contributed by atoms with van der Waals surface area (Å²) in [5.41, 5.74) is 6.77. The third kappa shape index (κ3) is 3.16. The van der Waals surface area contributed by atoms with Crippen molar-refractivity contribution in [3.05, 3.63) is 16.0 Å². The first-order chi connectivity index (χ1) is 9.49. The minimum absolute atomic E-state index is 0.365. The van der Waals surface area contributed by atoms with Gasteiger partial charge in [0.15, 0.2) is 6.61 Å². The van der Waals surface area contributed by atoms with Crippen LogP contribution in [0.4, 0.5) is 5.00 Å². The molecule has 1 aromatic heterocycles. The zero-order chi connectivity index (χ0) is 14.7. The first kappa shape index (κ1) is 14.5. The maximum absolute atomic E-state index is 11.7. The molecule has 20 heavy (non-hydrogen) atoms. The van der Waals surface area contributed by atoms with Crippen LogP contribution in [0.1, 0.15) is 40.6 Å². The lowest BCUT2D eigenvalue weighted by Crippen LogP contribution is -2.22. The van der Waals surface area contributed by atoms with Gasteiger partial charge in [-0.3, -0.25) is 14.4 Å². The molecule has 1 aliphatic rings. The number of nitrogens with two attached hydrogens (primary N) is 1. The van der Waals surface area contributed by atoms with Crippen molar-refractivity contribution in [2.24, 2.45) is 5.73 Å². The monoisotopic (exact) mass is 296 g/mol. The maximum Gasteiger partial charge on any atom is 0.303 e. The lowest BCUT2D eigenvalue weighted by atomic mass is 9.95. The number of fused-ring (bicyclic) bond motifs is 1. The Morgan fingerprint density at radius 1 is 1.30 bits per heavy atom. The molecule has 1 aromatic rings. The number of thiophene rings is 1. The van der Waals surface area contributed by atoms with Gasteiger partial charge < -0.3 is 15.8 Å². The lowest BCUT2D eigenvalue weighted by Gasteiger charge is -2.11. The Balaban J connectivity index is 2.18. The fraction of sp³-hybridized carbons (Fsp3) is 0.462. The summed E-state index contributed by atoms with van der Waals surface area (Å²) < 4.78 is 4.62. The fourth-order valence-electron chi connectivity index (χ4n) is 2.24. The number of rotatable bonds is 4. The van der Waals surface area contributed by atoms with Gasteiger partial charge in [-0.05, 0) is 31.2 Å². The van der Waals surface area contributed by atoms with E-state index in [1.54, 1.807) is 0 Å². The van der Waals surface area contributed by atoms with E-state index in [0.29, 0.717) is 10.6 Å². The molecule has 0 aliphatic heterocycles. The minimum atomic E-state index is -0.535. The molecule has 6 nitrogen and oxygen atoms in total. The summed E-state index contributed by atoms with van der Waals surface area (Å²) in [7, 11) is 0. The van der Waals surface area contributed by atoms with Crippen molar-refractivity contribution in [3.63, 3.8) is 0 Å². The highest BCUT2D eigenvalue weighted by Gasteiger charge is 2.24. The van der Waals surface area contributed by atoms with Gasteiger partial charge in [0.05, 0.1) is 5.56 Å². The molecule has 3 N–H and O–H groups in total. The SMILES string of the molecule is CC(=O)OCC(=O)Nc1sc2c(c1C(N)=O)CCCC2. The Bertz CT molecular complexity index is 565. The van der Waals surface area contributed by atoms with Crippen LogP contribution >= 0.6 is 11.3 Å². The summed E-state index contributed by atoms with van der Waals surface area (Å²) in [6.45, 7) is 0.863. The summed E-state index contributed by atoms with van der Waals surface area (Å²) in [4.78, 5) is 35.0. The van der Waals surface area contributed by atoms with Gasteiger partial charge in [-0.25, -0.2) is 0 Å². The zero-order valence-corrected chi connectivity index (χ0v) is 12.0. The van der Waals surface area contributed by atoms with Gasteiger partial charge in [-0.15, -0.1) is 11.3 Å². The van der Waals surface area contributed by atoms with E-state index < -0.39 is 17.8 Å². The number of ether oxygens (including phenoxy) is 1. The highest BCUT2D eigenvalue weighted by molar-refractivity contribution is 7.17. The number of amides is 2. The minimum Gasteiger partial charge on any atom is -0.456 e. The largest absolute Gasteiger partial charge is 0.456 e.